The summed E-state index contributed by atoms with van der Waals surface area (Å²) in [5, 5.41) is 4.92. The maximum Gasteiger partial charge on any atom is 0.161 e. The summed E-state index contributed by atoms with van der Waals surface area (Å²) >= 11 is 0. The van der Waals surface area contributed by atoms with Gasteiger partial charge in [0.2, 0.25) is 0 Å². The second-order valence-electron chi connectivity index (χ2n) is 8.35. The lowest BCUT2D eigenvalue weighted by Crippen LogP contribution is -2.43. The largest absolute Gasteiger partial charge is 0.489 e. The van der Waals surface area contributed by atoms with Crippen LogP contribution in [0.2, 0.25) is 0 Å². The zero-order valence-corrected chi connectivity index (χ0v) is 17.4. The van der Waals surface area contributed by atoms with Crippen molar-refractivity contribution < 1.29 is 9.47 Å². The van der Waals surface area contributed by atoms with Crippen molar-refractivity contribution in [3.63, 3.8) is 0 Å². The van der Waals surface area contributed by atoms with Crippen LogP contribution in [0.1, 0.15) is 33.3 Å². The minimum atomic E-state index is -0.0258. The van der Waals surface area contributed by atoms with Crippen LogP contribution in [0, 0.1) is 5.92 Å². The van der Waals surface area contributed by atoms with Crippen LogP contribution in [0.4, 0.5) is 0 Å². The fourth-order valence-electron chi connectivity index (χ4n) is 3.31. The van der Waals surface area contributed by atoms with E-state index in [9.17, 15) is 0 Å². The molecule has 1 aromatic heterocycles. The Morgan fingerprint density at radius 3 is 2.39 bits per heavy atom. The molecule has 4 heteroatoms. The molecule has 0 saturated carbocycles. The number of aromatic nitrogens is 1. The van der Waals surface area contributed by atoms with Gasteiger partial charge < -0.3 is 19.8 Å². The molecule has 0 radical (unpaired) electrons. The number of ether oxygens (including phenoxy) is 2. The summed E-state index contributed by atoms with van der Waals surface area (Å²) in [6, 6.07) is 16.3. The third-order valence-electron chi connectivity index (χ3n) is 4.69. The summed E-state index contributed by atoms with van der Waals surface area (Å²) in [7, 11) is 0. The first-order valence-electron chi connectivity index (χ1n) is 10.1. The highest BCUT2D eigenvalue weighted by Crippen LogP contribution is 2.27. The molecule has 3 aromatic rings. The monoisotopic (exact) mass is 380 g/mol. The van der Waals surface area contributed by atoms with Crippen LogP contribution >= 0.6 is 0 Å². The van der Waals surface area contributed by atoms with E-state index >= 15 is 0 Å². The second kappa shape index (κ2) is 9.16. The molecule has 0 unspecified atom stereocenters. The fraction of sp³-hybridized carbons (Fsp3) is 0.417. The predicted octanol–water partition coefficient (Wildman–Crippen LogP) is 5.19. The molecular formula is C24H32N2O2. The third-order valence-corrected chi connectivity index (χ3v) is 4.69. The standard InChI is InChI=1S/C24H32N2O2/c1-18(2)17-28-23-12-8-7-11-22(23)27-14-13-26-24(3,4)15-19-16-25-21-10-6-5-9-20(19)21/h5-12,16,18,25-26H,13-15,17H2,1-4H3. The molecule has 0 bridgehead atoms. The summed E-state index contributed by atoms with van der Waals surface area (Å²) in [5.74, 6) is 2.11. The first kappa shape index (κ1) is 20.3. The van der Waals surface area contributed by atoms with Gasteiger partial charge in [0.15, 0.2) is 11.5 Å². The van der Waals surface area contributed by atoms with E-state index in [0.29, 0.717) is 19.1 Å². The highest BCUT2D eigenvalue weighted by molar-refractivity contribution is 5.83. The molecule has 150 valence electrons. The third kappa shape index (κ3) is 5.52. The van der Waals surface area contributed by atoms with Crippen molar-refractivity contribution in [1.29, 1.82) is 0 Å². The minimum Gasteiger partial charge on any atom is -0.489 e. The van der Waals surface area contributed by atoms with Crippen LogP contribution in [0.3, 0.4) is 0 Å². The minimum absolute atomic E-state index is 0.0258. The van der Waals surface area contributed by atoms with E-state index < -0.39 is 0 Å². The molecule has 28 heavy (non-hydrogen) atoms. The Balaban J connectivity index is 1.50. The molecule has 0 amide bonds. The number of benzene rings is 2. The van der Waals surface area contributed by atoms with Gasteiger partial charge in [-0.1, -0.05) is 44.2 Å². The first-order valence-corrected chi connectivity index (χ1v) is 10.1. The fourth-order valence-corrected chi connectivity index (χ4v) is 3.31. The Morgan fingerprint density at radius 2 is 1.64 bits per heavy atom. The van der Waals surface area contributed by atoms with Gasteiger partial charge in [0.25, 0.3) is 0 Å². The molecule has 3 rings (SSSR count). The average molecular weight is 381 g/mol. The highest BCUT2D eigenvalue weighted by atomic mass is 16.5. The van der Waals surface area contributed by atoms with E-state index in [1.165, 1.54) is 16.5 Å². The molecule has 0 aliphatic carbocycles. The van der Waals surface area contributed by atoms with E-state index in [1.807, 2.05) is 24.3 Å². The maximum absolute atomic E-state index is 5.98. The Morgan fingerprint density at radius 1 is 0.964 bits per heavy atom. The van der Waals surface area contributed by atoms with Crippen LogP contribution in [-0.4, -0.2) is 30.3 Å². The Bertz CT molecular complexity index is 883. The SMILES string of the molecule is CC(C)COc1ccccc1OCCNC(C)(C)Cc1c[nH]c2ccccc12. The number of hydrogen-bond donors (Lipinski definition) is 2. The lowest BCUT2D eigenvalue weighted by Gasteiger charge is -2.26. The summed E-state index contributed by atoms with van der Waals surface area (Å²) in [4.78, 5) is 3.36. The van der Waals surface area contributed by atoms with Gasteiger partial charge in [0.1, 0.15) is 6.61 Å². The molecule has 0 aliphatic rings. The predicted molar refractivity (Wildman–Crippen MR) is 116 cm³/mol. The zero-order valence-electron chi connectivity index (χ0n) is 17.4. The number of fused-ring (bicyclic) bond motifs is 1. The van der Waals surface area contributed by atoms with Crippen molar-refractivity contribution in [2.24, 2.45) is 5.92 Å². The number of hydrogen-bond acceptors (Lipinski definition) is 3. The van der Waals surface area contributed by atoms with Gasteiger partial charge in [-0.3, -0.25) is 0 Å². The molecule has 2 N–H and O–H groups in total. The van der Waals surface area contributed by atoms with Crippen molar-refractivity contribution in [1.82, 2.24) is 10.3 Å². The van der Waals surface area contributed by atoms with Crippen molar-refractivity contribution in [3.8, 4) is 11.5 Å². The van der Waals surface area contributed by atoms with E-state index in [1.54, 1.807) is 0 Å². The van der Waals surface area contributed by atoms with Crippen LogP contribution in [0.5, 0.6) is 11.5 Å². The first-order chi connectivity index (χ1) is 13.4. The number of para-hydroxylation sites is 3. The van der Waals surface area contributed by atoms with Crippen LogP contribution in [0.25, 0.3) is 10.9 Å². The molecule has 0 spiro atoms. The zero-order chi connectivity index (χ0) is 20.0. The Labute approximate surface area is 168 Å². The van der Waals surface area contributed by atoms with E-state index in [-0.39, 0.29) is 5.54 Å². The quantitative estimate of drug-likeness (QED) is 0.476. The molecule has 4 nitrogen and oxygen atoms in total. The Kier molecular flexibility index (Phi) is 6.63. The van der Waals surface area contributed by atoms with Crippen molar-refractivity contribution in [3.05, 3.63) is 60.3 Å². The molecule has 0 aliphatic heterocycles. The molecule has 1 heterocycles. The molecular weight excluding hydrogens is 348 g/mol. The van der Waals surface area contributed by atoms with Gasteiger partial charge in [-0.05, 0) is 49.9 Å². The van der Waals surface area contributed by atoms with Gasteiger partial charge in [-0.15, -0.1) is 0 Å². The molecule has 2 aromatic carbocycles. The summed E-state index contributed by atoms with van der Waals surface area (Å²) in [5.41, 5.74) is 2.50. The number of aromatic amines is 1. The van der Waals surface area contributed by atoms with Crippen LogP contribution < -0.4 is 14.8 Å². The molecule has 0 fully saturated rings. The number of rotatable bonds is 10. The Hall–Kier alpha value is -2.46. The summed E-state index contributed by atoms with van der Waals surface area (Å²) in [6.45, 7) is 10.8. The van der Waals surface area contributed by atoms with Crippen molar-refractivity contribution >= 4 is 10.9 Å². The lowest BCUT2D eigenvalue weighted by atomic mass is 9.94. The van der Waals surface area contributed by atoms with E-state index in [0.717, 1.165) is 24.5 Å². The normalized spacial score (nSPS) is 11.9. The van der Waals surface area contributed by atoms with Crippen LogP contribution in [0.15, 0.2) is 54.7 Å². The summed E-state index contributed by atoms with van der Waals surface area (Å²) < 4.78 is 11.8. The average Bonchev–Trinajstić information content (AvgIpc) is 3.06. The second-order valence-corrected chi connectivity index (χ2v) is 8.35. The van der Waals surface area contributed by atoms with E-state index in [2.05, 4.69) is 68.5 Å². The van der Waals surface area contributed by atoms with Crippen molar-refractivity contribution in [2.45, 2.75) is 39.7 Å². The van der Waals surface area contributed by atoms with Gasteiger partial charge in [0, 0.05) is 29.2 Å². The summed E-state index contributed by atoms with van der Waals surface area (Å²) in [6.07, 6.45) is 3.07. The number of nitrogens with one attached hydrogen (secondary N) is 2. The maximum atomic E-state index is 5.98. The number of H-pyrrole nitrogens is 1. The van der Waals surface area contributed by atoms with Gasteiger partial charge in [0.05, 0.1) is 6.61 Å². The lowest BCUT2D eigenvalue weighted by molar-refractivity contribution is 0.238. The van der Waals surface area contributed by atoms with Gasteiger partial charge >= 0.3 is 0 Å². The molecule has 0 saturated heterocycles. The topological polar surface area (TPSA) is 46.3 Å². The van der Waals surface area contributed by atoms with Crippen molar-refractivity contribution in [2.75, 3.05) is 19.8 Å². The van der Waals surface area contributed by atoms with E-state index in [4.69, 9.17) is 9.47 Å². The molecule has 0 atom stereocenters. The highest BCUT2D eigenvalue weighted by Gasteiger charge is 2.19. The van der Waals surface area contributed by atoms with Crippen LogP contribution in [-0.2, 0) is 6.42 Å². The van der Waals surface area contributed by atoms with Gasteiger partial charge in [-0.25, -0.2) is 0 Å². The van der Waals surface area contributed by atoms with Gasteiger partial charge in [-0.2, -0.15) is 0 Å². The smallest absolute Gasteiger partial charge is 0.161 e.